The zero-order valence-corrected chi connectivity index (χ0v) is 11.5. The summed E-state index contributed by atoms with van der Waals surface area (Å²) in [5.41, 5.74) is 0. The fourth-order valence-electron chi connectivity index (χ4n) is 2.06. The van der Waals surface area contributed by atoms with E-state index in [1.54, 1.807) is 4.90 Å². The molecule has 0 saturated carbocycles. The van der Waals surface area contributed by atoms with Gasteiger partial charge in [-0.2, -0.15) is 8.78 Å². The van der Waals surface area contributed by atoms with E-state index >= 15 is 0 Å². The molecule has 1 fully saturated rings. The summed E-state index contributed by atoms with van der Waals surface area (Å²) in [4.78, 5) is 17.4. The topological polar surface area (TPSA) is 71.9 Å². The maximum absolute atomic E-state index is 12.1. The zero-order valence-electron chi connectivity index (χ0n) is 10.7. The monoisotopic (exact) mass is 308 g/mol. The Morgan fingerprint density at radius 1 is 1.70 bits per heavy atom. The molecule has 0 amide bonds. The lowest BCUT2D eigenvalue weighted by atomic mass is 10.2. The molecule has 1 saturated heterocycles. The third kappa shape index (κ3) is 3.41. The molecule has 6 nitrogen and oxygen atoms in total. The van der Waals surface area contributed by atoms with Gasteiger partial charge in [0.1, 0.15) is 4.88 Å². The van der Waals surface area contributed by atoms with Crippen molar-refractivity contribution in [1.29, 1.82) is 0 Å². The second kappa shape index (κ2) is 6.42. The number of β-amino-alcohol motifs (C(OH)–C–C–N with tert-alkyl or cyclic N) is 1. The zero-order chi connectivity index (χ0) is 14.7. The molecule has 9 heteroatoms. The normalized spacial score (nSPS) is 22.6. The van der Waals surface area contributed by atoms with Gasteiger partial charge in [-0.1, -0.05) is 11.3 Å². The number of alkyl halides is 2. The molecule has 0 unspecified atom stereocenters. The van der Waals surface area contributed by atoms with Crippen molar-refractivity contribution < 1.29 is 28.2 Å². The van der Waals surface area contributed by atoms with E-state index in [0.717, 1.165) is 11.3 Å². The molecule has 0 radical (unpaired) electrons. The van der Waals surface area contributed by atoms with Crippen molar-refractivity contribution in [3.05, 3.63) is 11.1 Å². The summed E-state index contributed by atoms with van der Waals surface area (Å²) < 4.78 is 33.1. The van der Waals surface area contributed by atoms with E-state index in [-0.39, 0.29) is 13.2 Å². The predicted octanol–water partition coefficient (Wildman–Crippen LogP) is 1.11. The van der Waals surface area contributed by atoms with Crippen LogP contribution >= 0.6 is 11.3 Å². The van der Waals surface area contributed by atoms with Gasteiger partial charge in [0.15, 0.2) is 5.13 Å². The fraction of sp³-hybridized carbons (Fsp3) is 0.636. The Labute approximate surface area is 117 Å². The van der Waals surface area contributed by atoms with E-state index in [1.807, 2.05) is 0 Å². The van der Waals surface area contributed by atoms with Crippen LogP contribution in [0, 0.1) is 0 Å². The Hall–Kier alpha value is -1.32. The van der Waals surface area contributed by atoms with Crippen LogP contribution in [0.25, 0.3) is 0 Å². The van der Waals surface area contributed by atoms with Crippen molar-refractivity contribution in [3.63, 3.8) is 0 Å². The van der Waals surface area contributed by atoms with Gasteiger partial charge in [0.25, 0.3) is 0 Å². The maximum atomic E-state index is 12.1. The number of aliphatic hydroxyl groups excluding tert-OH is 1. The van der Waals surface area contributed by atoms with E-state index in [4.69, 9.17) is 0 Å². The minimum absolute atomic E-state index is 0.206. The van der Waals surface area contributed by atoms with Crippen LogP contribution in [0.1, 0.15) is 16.1 Å². The van der Waals surface area contributed by atoms with Crippen molar-refractivity contribution in [2.24, 2.45) is 0 Å². The van der Waals surface area contributed by atoms with E-state index in [0.29, 0.717) is 16.4 Å². The number of hydrogen-bond donors (Lipinski definition) is 1. The number of esters is 1. The number of carbonyl (C=O) groups is 1. The SMILES string of the molecule is COC(=O)c1cnc(N2C[C@H](O)C[C@H]2COC(F)F)s1. The molecule has 2 rings (SSSR count). The third-order valence-corrected chi connectivity index (χ3v) is 3.95. The molecule has 1 N–H and O–H groups in total. The number of ether oxygens (including phenoxy) is 2. The first kappa shape index (κ1) is 15.1. The van der Waals surface area contributed by atoms with Crippen LogP contribution in [0.3, 0.4) is 0 Å². The largest absolute Gasteiger partial charge is 0.465 e. The summed E-state index contributed by atoms with van der Waals surface area (Å²) in [7, 11) is 1.26. The Kier molecular flexibility index (Phi) is 4.84. The van der Waals surface area contributed by atoms with Gasteiger partial charge in [-0.15, -0.1) is 0 Å². The van der Waals surface area contributed by atoms with Crippen LogP contribution in [0.2, 0.25) is 0 Å². The molecule has 2 heterocycles. The molecule has 0 aliphatic carbocycles. The Morgan fingerprint density at radius 2 is 2.45 bits per heavy atom. The smallest absolute Gasteiger partial charge is 0.349 e. The van der Waals surface area contributed by atoms with Crippen molar-refractivity contribution in [2.75, 3.05) is 25.2 Å². The fourth-order valence-corrected chi connectivity index (χ4v) is 2.98. The van der Waals surface area contributed by atoms with Crippen LogP contribution in [0.15, 0.2) is 6.20 Å². The van der Waals surface area contributed by atoms with Crippen molar-refractivity contribution >= 4 is 22.4 Å². The van der Waals surface area contributed by atoms with E-state index in [9.17, 15) is 18.7 Å². The summed E-state index contributed by atoms with van der Waals surface area (Å²) in [6.07, 6.45) is 1.05. The highest BCUT2D eigenvalue weighted by Crippen LogP contribution is 2.30. The maximum Gasteiger partial charge on any atom is 0.349 e. The first-order valence-electron chi connectivity index (χ1n) is 5.90. The Balaban J connectivity index is 2.08. The number of carbonyl (C=O) groups excluding carboxylic acids is 1. The molecule has 0 spiro atoms. The minimum Gasteiger partial charge on any atom is -0.465 e. The molecule has 1 aromatic heterocycles. The summed E-state index contributed by atoms with van der Waals surface area (Å²) in [5, 5.41) is 10.1. The standard InChI is InChI=1S/C11H14F2N2O4S/c1-18-9(17)8-3-14-11(20-8)15-4-7(16)2-6(15)5-19-10(12)13/h3,6-7,10,16H,2,4-5H2,1H3/t6-,7+/m0/s1. The third-order valence-electron chi connectivity index (χ3n) is 2.93. The highest BCUT2D eigenvalue weighted by Gasteiger charge is 2.33. The lowest BCUT2D eigenvalue weighted by molar-refractivity contribution is -0.132. The van der Waals surface area contributed by atoms with Crippen molar-refractivity contribution in [3.8, 4) is 0 Å². The molecule has 20 heavy (non-hydrogen) atoms. The summed E-state index contributed by atoms with van der Waals surface area (Å²) in [6, 6.07) is -0.393. The van der Waals surface area contributed by atoms with Gasteiger partial charge < -0.3 is 19.5 Å². The van der Waals surface area contributed by atoms with Crippen LogP contribution in [0.4, 0.5) is 13.9 Å². The lowest BCUT2D eigenvalue weighted by Gasteiger charge is -2.23. The second-order valence-electron chi connectivity index (χ2n) is 4.29. The van der Waals surface area contributed by atoms with Crippen molar-refractivity contribution in [2.45, 2.75) is 25.2 Å². The minimum atomic E-state index is -2.85. The number of nitrogens with zero attached hydrogens (tertiary/aromatic N) is 2. The lowest BCUT2D eigenvalue weighted by Crippen LogP contribution is -2.33. The number of methoxy groups -OCH3 is 1. The van der Waals surface area contributed by atoms with Gasteiger partial charge in [0, 0.05) is 6.54 Å². The number of anilines is 1. The van der Waals surface area contributed by atoms with Gasteiger partial charge in [0.2, 0.25) is 0 Å². The number of halogens is 2. The summed E-state index contributed by atoms with van der Waals surface area (Å²) in [5.74, 6) is -0.506. The molecule has 0 bridgehead atoms. The van der Waals surface area contributed by atoms with Gasteiger partial charge >= 0.3 is 12.6 Å². The molecule has 1 aliphatic rings. The summed E-state index contributed by atoms with van der Waals surface area (Å²) >= 11 is 1.09. The van der Waals surface area contributed by atoms with Gasteiger partial charge in [-0.05, 0) is 6.42 Å². The number of thiazole rings is 1. The van der Waals surface area contributed by atoms with Crippen LogP contribution < -0.4 is 4.90 Å². The van der Waals surface area contributed by atoms with Crippen LogP contribution in [-0.4, -0.2) is 55.1 Å². The quantitative estimate of drug-likeness (QED) is 0.822. The Bertz CT molecular complexity index is 471. The number of hydrogen-bond acceptors (Lipinski definition) is 7. The van der Waals surface area contributed by atoms with Gasteiger partial charge in [0.05, 0.1) is 32.1 Å². The number of rotatable bonds is 5. The van der Waals surface area contributed by atoms with Gasteiger partial charge in [-0.25, -0.2) is 9.78 Å². The molecule has 0 aromatic carbocycles. The number of aromatic nitrogens is 1. The molecular formula is C11H14F2N2O4S. The highest BCUT2D eigenvalue weighted by atomic mass is 32.1. The second-order valence-corrected chi connectivity index (χ2v) is 5.30. The van der Waals surface area contributed by atoms with Crippen molar-refractivity contribution in [1.82, 2.24) is 4.98 Å². The number of aliphatic hydroxyl groups is 1. The van der Waals surface area contributed by atoms with Gasteiger partial charge in [-0.3, -0.25) is 0 Å². The molecule has 1 aromatic rings. The first-order chi connectivity index (χ1) is 9.51. The first-order valence-corrected chi connectivity index (χ1v) is 6.71. The molecule has 112 valence electrons. The molecule has 2 atom stereocenters. The van der Waals surface area contributed by atoms with E-state index in [1.165, 1.54) is 13.3 Å². The van der Waals surface area contributed by atoms with E-state index in [2.05, 4.69) is 14.5 Å². The molecular weight excluding hydrogens is 294 g/mol. The summed E-state index contributed by atoms with van der Waals surface area (Å²) in [6.45, 7) is -2.79. The Morgan fingerprint density at radius 3 is 3.10 bits per heavy atom. The average Bonchev–Trinajstić information content (AvgIpc) is 3.01. The average molecular weight is 308 g/mol. The van der Waals surface area contributed by atoms with E-state index < -0.39 is 24.7 Å². The molecule has 1 aliphatic heterocycles. The van der Waals surface area contributed by atoms with Crippen LogP contribution in [-0.2, 0) is 9.47 Å². The highest BCUT2D eigenvalue weighted by molar-refractivity contribution is 7.17. The predicted molar refractivity (Wildman–Crippen MR) is 67.2 cm³/mol. The van der Waals surface area contributed by atoms with Crippen LogP contribution in [0.5, 0.6) is 0 Å².